The van der Waals surface area contributed by atoms with E-state index in [1.54, 1.807) is 0 Å². The van der Waals surface area contributed by atoms with Gasteiger partial charge in [0.05, 0.1) is 11.1 Å². The second-order valence-corrected chi connectivity index (χ2v) is 5.73. The number of aliphatic hydroxyl groups is 1. The summed E-state index contributed by atoms with van der Waals surface area (Å²) in [5.74, 6) is -0.375. The summed E-state index contributed by atoms with van der Waals surface area (Å²) in [6.45, 7) is 3.91. The van der Waals surface area contributed by atoms with Crippen molar-refractivity contribution < 1.29 is 9.50 Å². The third-order valence-corrected chi connectivity index (χ3v) is 4.25. The third-order valence-electron chi connectivity index (χ3n) is 3.63. The molecule has 1 N–H and O–H groups in total. The molecule has 1 nitrogen and oxygen atoms in total. The molecule has 1 fully saturated rings. The standard InChI is InChI=1S/C12H13Cl2FO/c1-12(2)7(4-11(12)16)6-3-10(15)9(14)5-8(6)13/h3,5,7,11,16H,4H2,1-2H3. The minimum atomic E-state index is -0.460. The van der Waals surface area contributed by atoms with Crippen LogP contribution in [-0.4, -0.2) is 11.2 Å². The normalized spacial score (nSPS) is 27.6. The smallest absolute Gasteiger partial charge is 0.142 e. The summed E-state index contributed by atoms with van der Waals surface area (Å²) in [6, 6.07) is 2.80. The van der Waals surface area contributed by atoms with Gasteiger partial charge in [0.2, 0.25) is 0 Å². The van der Waals surface area contributed by atoms with Crippen LogP contribution in [0.2, 0.25) is 10.0 Å². The van der Waals surface area contributed by atoms with E-state index in [0.717, 1.165) is 5.56 Å². The van der Waals surface area contributed by atoms with E-state index in [0.29, 0.717) is 11.4 Å². The highest BCUT2D eigenvalue weighted by atomic mass is 35.5. The molecule has 88 valence electrons. The van der Waals surface area contributed by atoms with E-state index >= 15 is 0 Å². The van der Waals surface area contributed by atoms with Gasteiger partial charge >= 0.3 is 0 Å². The van der Waals surface area contributed by atoms with E-state index in [9.17, 15) is 9.50 Å². The molecule has 0 aromatic heterocycles. The maximum absolute atomic E-state index is 13.4. The van der Waals surface area contributed by atoms with Crippen molar-refractivity contribution in [2.75, 3.05) is 0 Å². The Morgan fingerprint density at radius 1 is 1.31 bits per heavy atom. The predicted molar refractivity (Wildman–Crippen MR) is 63.6 cm³/mol. The van der Waals surface area contributed by atoms with Crippen molar-refractivity contribution in [3.05, 3.63) is 33.6 Å². The van der Waals surface area contributed by atoms with Crippen molar-refractivity contribution in [1.82, 2.24) is 0 Å². The van der Waals surface area contributed by atoms with Crippen LogP contribution in [0.15, 0.2) is 12.1 Å². The highest BCUT2D eigenvalue weighted by molar-refractivity contribution is 6.35. The fraction of sp³-hybridized carbons (Fsp3) is 0.500. The Labute approximate surface area is 104 Å². The molecule has 0 bridgehead atoms. The van der Waals surface area contributed by atoms with Crippen molar-refractivity contribution >= 4 is 23.2 Å². The first-order valence-corrected chi connectivity index (χ1v) is 5.92. The van der Waals surface area contributed by atoms with Gasteiger partial charge < -0.3 is 5.11 Å². The molecule has 16 heavy (non-hydrogen) atoms. The van der Waals surface area contributed by atoms with Gasteiger partial charge in [0.1, 0.15) is 5.82 Å². The number of aliphatic hydroxyl groups excluding tert-OH is 1. The molecule has 1 aliphatic carbocycles. The average molecular weight is 263 g/mol. The summed E-state index contributed by atoms with van der Waals surface area (Å²) in [4.78, 5) is 0. The van der Waals surface area contributed by atoms with E-state index in [-0.39, 0.29) is 22.5 Å². The fourth-order valence-electron chi connectivity index (χ4n) is 2.24. The molecule has 1 aromatic rings. The predicted octanol–water partition coefficient (Wildman–Crippen LogP) is 4.01. The topological polar surface area (TPSA) is 20.2 Å². The Morgan fingerprint density at radius 3 is 2.44 bits per heavy atom. The zero-order chi connectivity index (χ0) is 12.1. The summed E-state index contributed by atoms with van der Waals surface area (Å²) < 4.78 is 13.4. The Hall–Kier alpha value is -0.310. The molecule has 2 rings (SSSR count). The van der Waals surface area contributed by atoms with E-state index in [1.807, 2.05) is 13.8 Å². The van der Waals surface area contributed by atoms with E-state index < -0.39 is 5.82 Å². The first kappa shape index (κ1) is 12.2. The van der Waals surface area contributed by atoms with Crippen molar-refractivity contribution in [3.8, 4) is 0 Å². The van der Waals surface area contributed by atoms with Gasteiger partial charge in [-0.2, -0.15) is 0 Å². The fourth-order valence-corrected chi connectivity index (χ4v) is 2.75. The summed E-state index contributed by atoms with van der Waals surface area (Å²) in [5, 5.41) is 10.2. The van der Waals surface area contributed by atoms with E-state index in [2.05, 4.69) is 0 Å². The average Bonchev–Trinajstić information content (AvgIpc) is 2.20. The van der Waals surface area contributed by atoms with Crippen molar-refractivity contribution in [2.45, 2.75) is 32.3 Å². The molecular weight excluding hydrogens is 250 g/mol. The van der Waals surface area contributed by atoms with Crippen LogP contribution in [0.1, 0.15) is 31.7 Å². The molecule has 0 amide bonds. The van der Waals surface area contributed by atoms with Gasteiger partial charge in [-0.15, -0.1) is 0 Å². The first-order chi connectivity index (χ1) is 7.34. The maximum Gasteiger partial charge on any atom is 0.142 e. The van der Waals surface area contributed by atoms with Crippen LogP contribution < -0.4 is 0 Å². The lowest BCUT2D eigenvalue weighted by Crippen LogP contribution is -2.47. The van der Waals surface area contributed by atoms with Gasteiger partial charge in [0.15, 0.2) is 0 Å². The first-order valence-electron chi connectivity index (χ1n) is 5.16. The summed E-state index contributed by atoms with van der Waals surface area (Å²) in [7, 11) is 0. The largest absolute Gasteiger partial charge is 0.393 e. The molecule has 1 aromatic carbocycles. The van der Waals surface area contributed by atoms with Crippen LogP contribution in [0.5, 0.6) is 0 Å². The second kappa shape index (κ2) is 3.86. The minimum Gasteiger partial charge on any atom is -0.393 e. The highest BCUT2D eigenvalue weighted by Crippen LogP contribution is 2.54. The minimum absolute atomic E-state index is 0.0337. The molecule has 0 radical (unpaired) electrons. The monoisotopic (exact) mass is 262 g/mol. The van der Waals surface area contributed by atoms with Gasteiger partial charge in [0, 0.05) is 5.02 Å². The van der Waals surface area contributed by atoms with Crippen molar-refractivity contribution in [1.29, 1.82) is 0 Å². The lowest BCUT2D eigenvalue weighted by molar-refractivity contribution is -0.0625. The lowest BCUT2D eigenvalue weighted by Gasteiger charge is -2.49. The molecule has 0 heterocycles. The number of hydrogen-bond donors (Lipinski definition) is 1. The molecule has 4 heteroatoms. The number of rotatable bonds is 1. The molecule has 1 aliphatic rings. The Bertz CT molecular complexity index is 431. The van der Waals surface area contributed by atoms with Crippen LogP contribution in [0.25, 0.3) is 0 Å². The number of hydrogen-bond acceptors (Lipinski definition) is 1. The van der Waals surface area contributed by atoms with E-state index in [4.69, 9.17) is 23.2 Å². The molecule has 2 unspecified atom stereocenters. The van der Waals surface area contributed by atoms with E-state index in [1.165, 1.54) is 12.1 Å². The summed E-state index contributed by atoms with van der Waals surface area (Å²) >= 11 is 11.7. The molecule has 1 saturated carbocycles. The zero-order valence-electron chi connectivity index (χ0n) is 9.10. The second-order valence-electron chi connectivity index (χ2n) is 4.91. The van der Waals surface area contributed by atoms with Crippen molar-refractivity contribution in [2.24, 2.45) is 5.41 Å². The highest BCUT2D eigenvalue weighted by Gasteiger charge is 2.48. The molecular formula is C12H13Cl2FO. The van der Waals surface area contributed by atoms with Gasteiger partial charge in [-0.05, 0) is 35.4 Å². The molecule has 2 atom stereocenters. The van der Waals surface area contributed by atoms with Gasteiger partial charge in [-0.3, -0.25) is 0 Å². The summed E-state index contributed by atoms with van der Waals surface area (Å²) in [6.07, 6.45) is 0.264. The van der Waals surface area contributed by atoms with Gasteiger partial charge in [-0.25, -0.2) is 4.39 Å². The quantitative estimate of drug-likeness (QED) is 0.759. The Balaban J connectivity index is 2.39. The van der Waals surface area contributed by atoms with Gasteiger partial charge in [0.25, 0.3) is 0 Å². The van der Waals surface area contributed by atoms with Crippen LogP contribution in [0, 0.1) is 11.2 Å². The van der Waals surface area contributed by atoms with Crippen molar-refractivity contribution in [3.63, 3.8) is 0 Å². The molecule has 0 saturated heterocycles. The maximum atomic E-state index is 13.4. The number of halogens is 3. The van der Waals surface area contributed by atoms with Crippen LogP contribution in [0.4, 0.5) is 4.39 Å². The third kappa shape index (κ3) is 1.73. The Kier molecular flexibility index (Phi) is 2.94. The zero-order valence-corrected chi connectivity index (χ0v) is 10.6. The summed E-state index contributed by atoms with van der Waals surface area (Å²) in [5.41, 5.74) is 0.475. The van der Waals surface area contributed by atoms with Crippen LogP contribution in [-0.2, 0) is 0 Å². The van der Waals surface area contributed by atoms with Crippen LogP contribution in [0.3, 0.4) is 0 Å². The number of benzene rings is 1. The lowest BCUT2D eigenvalue weighted by atomic mass is 9.58. The molecule has 0 spiro atoms. The van der Waals surface area contributed by atoms with Crippen LogP contribution >= 0.6 is 23.2 Å². The van der Waals surface area contributed by atoms with Gasteiger partial charge in [-0.1, -0.05) is 37.0 Å². The SMILES string of the molecule is CC1(C)C(O)CC1c1cc(F)c(Cl)cc1Cl. The Morgan fingerprint density at radius 2 is 1.94 bits per heavy atom. The molecule has 0 aliphatic heterocycles.